The van der Waals surface area contributed by atoms with Gasteiger partial charge in [0, 0.05) is 19.3 Å². The quantitative estimate of drug-likeness (QED) is 0.718. The minimum absolute atomic E-state index is 0.473. The van der Waals surface area contributed by atoms with Gasteiger partial charge in [-0.25, -0.2) is 0 Å². The van der Waals surface area contributed by atoms with Crippen LogP contribution >= 0.6 is 0 Å². The maximum Gasteiger partial charge on any atom is 0.172 e. The largest absolute Gasteiger partial charge is 0.366 e. The molecule has 0 spiro atoms. The SMILES string of the molecule is CCc1cc2c(n1C[C@H](O)OC)=CCCN=2. The molecule has 2 rings (SSSR count). The molecule has 1 atom stereocenters. The Kier molecular flexibility index (Phi) is 3.41. The molecule has 4 heteroatoms. The van der Waals surface area contributed by atoms with Gasteiger partial charge in [-0.1, -0.05) is 13.0 Å². The maximum absolute atomic E-state index is 9.56. The maximum atomic E-state index is 9.56. The smallest absolute Gasteiger partial charge is 0.172 e. The molecule has 0 saturated carbocycles. The van der Waals surface area contributed by atoms with Crippen molar-refractivity contribution >= 4 is 6.08 Å². The lowest BCUT2D eigenvalue weighted by Gasteiger charge is -2.13. The van der Waals surface area contributed by atoms with Gasteiger partial charge in [0.2, 0.25) is 0 Å². The minimum atomic E-state index is -0.753. The molecule has 2 heterocycles. The number of nitrogens with zero attached hydrogens (tertiary/aromatic N) is 2. The topological polar surface area (TPSA) is 46.8 Å². The molecule has 0 aromatic carbocycles. The fourth-order valence-electron chi connectivity index (χ4n) is 2.07. The van der Waals surface area contributed by atoms with Gasteiger partial charge in [-0.15, -0.1) is 0 Å². The van der Waals surface area contributed by atoms with E-state index in [2.05, 4.69) is 28.6 Å². The van der Waals surface area contributed by atoms with Crippen LogP contribution in [0.25, 0.3) is 6.08 Å². The number of aliphatic hydroxyl groups is 1. The number of methoxy groups -OCH3 is 1. The standard InChI is InChI=1S/C12H18N2O2/c1-3-9-7-10-11(5-4-6-13-10)14(9)8-12(15)16-2/h5,7,12,15H,3-4,6,8H2,1-2H3/t12-/m1/s1. The summed E-state index contributed by atoms with van der Waals surface area (Å²) in [5.74, 6) is 0. The lowest BCUT2D eigenvalue weighted by molar-refractivity contribution is -0.0841. The molecule has 1 aromatic rings. The van der Waals surface area contributed by atoms with Crippen molar-refractivity contribution in [2.24, 2.45) is 4.99 Å². The van der Waals surface area contributed by atoms with Crippen molar-refractivity contribution in [1.82, 2.24) is 4.57 Å². The molecule has 0 radical (unpaired) electrons. The molecule has 1 aliphatic heterocycles. The first-order valence-corrected chi connectivity index (χ1v) is 5.70. The fraction of sp³-hybridized carbons (Fsp3) is 0.583. The molecular weight excluding hydrogens is 204 g/mol. The van der Waals surface area contributed by atoms with Gasteiger partial charge in [0.05, 0.1) is 17.3 Å². The summed E-state index contributed by atoms with van der Waals surface area (Å²) in [7, 11) is 1.51. The van der Waals surface area contributed by atoms with E-state index in [0.29, 0.717) is 6.54 Å². The highest BCUT2D eigenvalue weighted by Gasteiger charge is 2.10. The van der Waals surface area contributed by atoms with Crippen molar-refractivity contribution in [3.8, 4) is 0 Å². The zero-order chi connectivity index (χ0) is 11.5. The Hall–Kier alpha value is -1.13. The highest BCUT2D eigenvalue weighted by Crippen LogP contribution is 2.00. The van der Waals surface area contributed by atoms with E-state index in [1.165, 1.54) is 12.8 Å². The van der Waals surface area contributed by atoms with E-state index >= 15 is 0 Å². The van der Waals surface area contributed by atoms with E-state index < -0.39 is 6.29 Å². The van der Waals surface area contributed by atoms with E-state index in [4.69, 9.17) is 4.74 Å². The number of hydrogen-bond acceptors (Lipinski definition) is 3. The highest BCUT2D eigenvalue weighted by molar-refractivity contribution is 5.25. The average molecular weight is 222 g/mol. The van der Waals surface area contributed by atoms with Crippen molar-refractivity contribution in [2.75, 3.05) is 13.7 Å². The van der Waals surface area contributed by atoms with Crippen LogP contribution in [0.1, 0.15) is 19.0 Å². The molecule has 0 fully saturated rings. The fourth-order valence-corrected chi connectivity index (χ4v) is 2.07. The number of hydrogen-bond donors (Lipinski definition) is 1. The van der Waals surface area contributed by atoms with Crippen molar-refractivity contribution in [3.63, 3.8) is 0 Å². The molecular formula is C12H18N2O2. The molecule has 1 N–H and O–H groups in total. The van der Waals surface area contributed by atoms with Crippen LogP contribution in [0.2, 0.25) is 0 Å². The molecule has 1 aromatic heterocycles. The molecule has 1 aliphatic rings. The predicted molar refractivity (Wildman–Crippen MR) is 61.6 cm³/mol. The van der Waals surface area contributed by atoms with Crippen LogP contribution in [-0.2, 0) is 17.7 Å². The summed E-state index contributed by atoms with van der Waals surface area (Å²) < 4.78 is 7.01. The third-order valence-corrected chi connectivity index (χ3v) is 2.93. The van der Waals surface area contributed by atoms with Gasteiger partial charge in [-0.2, -0.15) is 0 Å². The summed E-state index contributed by atoms with van der Waals surface area (Å²) in [5, 5.41) is 11.7. The first-order chi connectivity index (χ1) is 7.76. The highest BCUT2D eigenvalue weighted by atomic mass is 16.6. The Morgan fingerprint density at radius 3 is 3.12 bits per heavy atom. The number of ether oxygens (including phenoxy) is 1. The molecule has 4 nitrogen and oxygen atoms in total. The van der Waals surface area contributed by atoms with Gasteiger partial charge in [0.15, 0.2) is 6.29 Å². The van der Waals surface area contributed by atoms with E-state index in [1.807, 2.05) is 0 Å². The molecule has 0 bridgehead atoms. The summed E-state index contributed by atoms with van der Waals surface area (Å²) in [6, 6.07) is 2.10. The van der Waals surface area contributed by atoms with Gasteiger partial charge >= 0.3 is 0 Å². The number of aromatic nitrogens is 1. The Labute approximate surface area is 94.9 Å². The Morgan fingerprint density at radius 2 is 2.44 bits per heavy atom. The van der Waals surface area contributed by atoms with Crippen molar-refractivity contribution in [2.45, 2.75) is 32.6 Å². The summed E-state index contributed by atoms with van der Waals surface area (Å²) in [6.45, 7) is 3.45. The monoisotopic (exact) mass is 222 g/mol. The Bertz CT molecular complexity index is 476. The second-order valence-electron chi connectivity index (χ2n) is 3.94. The van der Waals surface area contributed by atoms with Crippen LogP contribution in [0.3, 0.4) is 0 Å². The summed E-state index contributed by atoms with van der Waals surface area (Å²) >= 11 is 0. The first-order valence-electron chi connectivity index (χ1n) is 5.70. The van der Waals surface area contributed by atoms with Crippen LogP contribution in [0.5, 0.6) is 0 Å². The second kappa shape index (κ2) is 4.80. The molecule has 88 valence electrons. The lowest BCUT2D eigenvalue weighted by Crippen LogP contribution is -2.35. The minimum Gasteiger partial charge on any atom is -0.366 e. The predicted octanol–water partition coefficient (Wildman–Crippen LogP) is -0.181. The molecule has 0 amide bonds. The summed E-state index contributed by atoms with van der Waals surface area (Å²) in [6.07, 6.45) is 3.34. The van der Waals surface area contributed by atoms with E-state index in [1.54, 1.807) is 0 Å². The van der Waals surface area contributed by atoms with Gasteiger partial charge < -0.3 is 14.4 Å². The van der Waals surface area contributed by atoms with Crippen LogP contribution in [-0.4, -0.2) is 29.6 Å². The van der Waals surface area contributed by atoms with Crippen LogP contribution in [0.15, 0.2) is 11.1 Å². The van der Waals surface area contributed by atoms with Gasteiger partial charge in [-0.3, -0.25) is 4.99 Å². The molecule has 16 heavy (non-hydrogen) atoms. The number of fused-ring (bicyclic) bond motifs is 1. The summed E-state index contributed by atoms with van der Waals surface area (Å²) in [5.41, 5.74) is 1.20. The van der Waals surface area contributed by atoms with Gasteiger partial charge in [0.25, 0.3) is 0 Å². The van der Waals surface area contributed by atoms with E-state index in [0.717, 1.165) is 30.1 Å². The third-order valence-electron chi connectivity index (χ3n) is 2.93. The third kappa shape index (κ3) is 2.03. The molecule has 0 aliphatic carbocycles. The van der Waals surface area contributed by atoms with Crippen LogP contribution in [0.4, 0.5) is 0 Å². The van der Waals surface area contributed by atoms with Crippen LogP contribution in [0, 0.1) is 0 Å². The molecule has 0 unspecified atom stereocenters. The Balaban J connectivity index is 2.46. The van der Waals surface area contributed by atoms with Crippen LogP contribution < -0.4 is 10.7 Å². The zero-order valence-electron chi connectivity index (χ0n) is 9.81. The number of rotatable bonds is 4. The van der Waals surface area contributed by atoms with Gasteiger partial charge in [-0.05, 0) is 18.9 Å². The molecule has 0 saturated heterocycles. The van der Waals surface area contributed by atoms with Crippen molar-refractivity contribution in [3.05, 3.63) is 22.5 Å². The number of aliphatic hydroxyl groups excluding tert-OH is 1. The normalized spacial score (nSPS) is 16.2. The Morgan fingerprint density at radius 1 is 1.62 bits per heavy atom. The van der Waals surface area contributed by atoms with E-state index in [-0.39, 0.29) is 0 Å². The van der Waals surface area contributed by atoms with Crippen molar-refractivity contribution in [1.29, 1.82) is 0 Å². The first kappa shape index (κ1) is 11.4. The van der Waals surface area contributed by atoms with Gasteiger partial charge in [0.1, 0.15) is 0 Å². The van der Waals surface area contributed by atoms with Crippen molar-refractivity contribution < 1.29 is 9.84 Å². The average Bonchev–Trinajstić information content (AvgIpc) is 2.67. The lowest BCUT2D eigenvalue weighted by atomic mass is 10.3. The summed E-state index contributed by atoms with van der Waals surface area (Å²) in [4.78, 5) is 4.48. The number of aryl methyl sites for hydroxylation is 1. The second-order valence-corrected chi connectivity index (χ2v) is 3.94. The van der Waals surface area contributed by atoms with E-state index in [9.17, 15) is 5.11 Å². The zero-order valence-corrected chi connectivity index (χ0v) is 9.81.